The SMILES string of the molecule is Cc1n[nH]c(C)c1-c1ccc(C(=O)N2CCCC(CN3CCOCC3)C2)cc1. The number of morpholine rings is 1. The van der Waals surface area contributed by atoms with Crippen molar-refractivity contribution in [3.05, 3.63) is 41.2 Å². The normalized spacial score (nSPS) is 21.1. The van der Waals surface area contributed by atoms with E-state index in [0.717, 1.165) is 80.4 Å². The number of benzene rings is 1. The Bertz CT molecular complexity index is 789. The van der Waals surface area contributed by atoms with Gasteiger partial charge in [-0.25, -0.2) is 0 Å². The van der Waals surface area contributed by atoms with Gasteiger partial charge in [0.25, 0.3) is 5.91 Å². The smallest absolute Gasteiger partial charge is 0.253 e. The van der Waals surface area contributed by atoms with Crippen LogP contribution in [0.3, 0.4) is 0 Å². The fourth-order valence-electron chi connectivity index (χ4n) is 4.49. The summed E-state index contributed by atoms with van der Waals surface area (Å²) in [6.45, 7) is 10.5. The zero-order valence-electron chi connectivity index (χ0n) is 16.9. The number of hydrogen-bond donors (Lipinski definition) is 1. The molecule has 2 saturated heterocycles. The second-order valence-electron chi connectivity index (χ2n) is 8.06. The Kier molecular flexibility index (Phi) is 5.78. The molecule has 0 spiro atoms. The predicted octanol–water partition coefficient (Wildman–Crippen LogP) is 2.88. The molecule has 1 aromatic carbocycles. The Hall–Kier alpha value is -2.18. The van der Waals surface area contributed by atoms with Crippen molar-refractivity contribution in [1.29, 1.82) is 0 Å². The van der Waals surface area contributed by atoms with E-state index in [1.165, 1.54) is 6.42 Å². The van der Waals surface area contributed by atoms with Crippen LogP contribution < -0.4 is 0 Å². The molecule has 1 amide bonds. The van der Waals surface area contributed by atoms with Gasteiger partial charge in [-0.05, 0) is 50.3 Å². The van der Waals surface area contributed by atoms with Gasteiger partial charge < -0.3 is 9.64 Å². The monoisotopic (exact) mass is 382 g/mol. The van der Waals surface area contributed by atoms with E-state index in [9.17, 15) is 4.79 Å². The molecule has 2 aliphatic rings. The van der Waals surface area contributed by atoms with Crippen molar-refractivity contribution in [2.75, 3.05) is 45.9 Å². The number of aromatic nitrogens is 2. The summed E-state index contributed by atoms with van der Waals surface area (Å²) in [7, 11) is 0. The number of aryl methyl sites for hydroxylation is 2. The number of H-pyrrole nitrogens is 1. The van der Waals surface area contributed by atoms with Crippen LogP contribution in [-0.2, 0) is 4.74 Å². The summed E-state index contributed by atoms with van der Waals surface area (Å²) in [5, 5.41) is 7.29. The highest BCUT2D eigenvalue weighted by atomic mass is 16.5. The molecule has 0 aliphatic carbocycles. The minimum atomic E-state index is 0.152. The summed E-state index contributed by atoms with van der Waals surface area (Å²) in [5.74, 6) is 0.713. The van der Waals surface area contributed by atoms with Crippen LogP contribution in [-0.4, -0.2) is 71.8 Å². The predicted molar refractivity (Wildman–Crippen MR) is 109 cm³/mol. The molecule has 2 aromatic rings. The van der Waals surface area contributed by atoms with Crippen LogP contribution in [0.4, 0.5) is 0 Å². The van der Waals surface area contributed by atoms with Crippen LogP contribution in [0.5, 0.6) is 0 Å². The van der Waals surface area contributed by atoms with Gasteiger partial charge in [0.1, 0.15) is 0 Å². The highest BCUT2D eigenvalue weighted by Crippen LogP contribution is 2.26. The number of nitrogens with one attached hydrogen (secondary N) is 1. The minimum absolute atomic E-state index is 0.152. The van der Waals surface area contributed by atoms with Gasteiger partial charge in [-0.1, -0.05) is 12.1 Å². The second-order valence-corrected chi connectivity index (χ2v) is 8.06. The van der Waals surface area contributed by atoms with Crippen molar-refractivity contribution in [1.82, 2.24) is 20.0 Å². The molecular formula is C22H30N4O2. The molecule has 0 radical (unpaired) electrons. The lowest BCUT2D eigenvalue weighted by atomic mass is 9.96. The van der Waals surface area contributed by atoms with Crippen molar-refractivity contribution in [2.45, 2.75) is 26.7 Å². The number of aromatic amines is 1. The Morgan fingerprint density at radius 1 is 1.18 bits per heavy atom. The van der Waals surface area contributed by atoms with E-state index >= 15 is 0 Å². The average Bonchev–Trinajstić information content (AvgIpc) is 3.07. The Balaban J connectivity index is 1.40. The van der Waals surface area contributed by atoms with Crippen LogP contribution in [0, 0.1) is 19.8 Å². The Morgan fingerprint density at radius 2 is 1.93 bits per heavy atom. The summed E-state index contributed by atoms with van der Waals surface area (Å²) >= 11 is 0. The van der Waals surface area contributed by atoms with E-state index in [-0.39, 0.29) is 5.91 Å². The van der Waals surface area contributed by atoms with Crippen molar-refractivity contribution < 1.29 is 9.53 Å². The standard InChI is InChI=1S/C22H30N4O2/c1-16-21(17(2)24-23-16)19-5-7-20(8-6-19)22(27)26-9-3-4-18(15-26)14-25-10-12-28-13-11-25/h5-8,18H,3-4,9-15H2,1-2H3,(H,23,24). The van der Waals surface area contributed by atoms with E-state index in [4.69, 9.17) is 4.74 Å². The Morgan fingerprint density at radius 3 is 2.61 bits per heavy atom. The quantitative estimate of drug-likeness (QED) is 0.883. The topological polar surface area (TPSA) is 61.5 Å². The molecule has 0 bridgehead atoms. The number of nitrogens with zero attached hydrogens (tertiary/aromatic N) is 3. The molecule has 0 saturated carbocycles. The first-order valence-electron chi connectivity index (χ1n) is 10.3. The molecule has 6 nitrogen and oxygen atoms in total. The van der Waals surface area contributed by atoms with Crippen molar-refractivity contribution in [3.8, 4) is 11.1 Å². The largest absolute Gasteiger partial charge is 0.379 e. The van der Waals surface area contributed by atoms with E-state index < -0.39 is 0 Å². The van der Waals surface area contributed by atoms with E-state index in [1.807, 2.05) is 43.0 Å². The Labute approximate surface area is 166 Å². The molecular weight excluding hydrogens is 352 g/mol. The van der Waals surface area contributed by atoms with Crippen LogP contribution in [0.2, 0.25) is 0 Å². The van der Waals surface area contributed by atoms with Gasteiger partial charge in [-0.2, -0.15) is 5.10 Å². The molecule has 2 aliphatic heterocycles. The fraction of sp³-hybridized carbons (Fsp3) is 0.545. The van der Waals surface area contributed by atoms with Crippen LogP contribution in [0.15, 0.2) is 24.3 Å². The van der Waals surface area contributed by atoms with E-state index in [2.05, 4.69) is 15.1 Å². The van der Waals surface area contributed by atoms with E-state index in [1.54, 1.807) is 0 Å². The first-order valence-corrected chi connectivity index (χ1v) is 10.3. The van der Waals surface area contributed by atoms with Crippen molar-refractivity contribution in [3.63, 3.8) is 0 Å². The number of rotatable bonds is 4. The number of likely N-dealkylation sites (tertiary alicyclic amines) is 1. The van der Waals surface area contributed by atoms with Crippen LogP contribution in [0.1, 0.15) is 34.6 Å². The number of ether oxygens (including phenoxy) is 1. The molecule has 1 N–H and O–H groups in total. The lowest BCUT2D eigenvalue weighted by Gasteiger charge is -2.36. The maximum Gasteiger partial charge on any atom is 0.253 e. The van der Waals surface area contributed by atoms with Gasteiger partial charge in [-0.3, -0.25) is 14.8 Å². The van der Waals surface area contributed by atoms with Gasteiger partial charge in [0.05, 0.1) is 18.9 Å². The number of amides is 1. The third-order valence-electron chi connectivity index (χ3n) is 5.97. The summed E-state index contributed by atoms with van der Waals surface area (Å²) in [4.78, 5) is 17.6. The number of carbonyl (C=O) groups excluding carboxylic acids is 1. The number of hydrogen-bond acceptors (Lipinski definition) is 4. The van der Waals surface area contributed by atoms with Gasteiger partial charge in [0.2, 0.25) is 0 Å². The molecule has 4 rings (SSSR count). The second kappa shape index (κ2) is 8.45. The summed E-state index contributed by atoms with van der Waals surface area (Å²) in [6.07, 6.45) is 2.30. The van der Waals surface area contributed by atoms with Gasteiger partial charge in [-0.15, -0.1) is 0 Å². The molecule has 150 valence electrons. The molecule has 6 heteroatoms. The lowest BCUT2D eigenvalue weighted by Crippen LogP contribution is -2.46. The molecule has 2 fully saturated rings. The number of piperidine rings is 1. The average molecular weight is 383 g/mol. The first kappa shape index (κ1) is 19.2. The van der Waals surface area contributed by atoms with Gasteiger partial charge in [0, 0.05) is 49.5 Å². The van der Waals surface area contributed by atoms with Gasteiger partial charge in [0.15, 0.2) is 0 Å². The highest BCUT2D eigenvalue weighted by molar-refractivity contribution is 5.94. The van der Waals surface area contributed by atoms with Crippen LogP contribution in [0.25, 0.3) is 11.1 Å². The summed E-state index contributed by atoms with van der Waals surface area (Å²) in [5.41, 5.74) is 5.04. The first-order chi connectivity index (χ1) is 13.6. The zero-order chi connectivity index (χ0) is 19.5. The third kappa shape index (κ3) is 4.13. The lowest BCUT2D eigenvalue weighted by molar-refractivity contribution is 0.0224. The van der Waals surface area contributed by atoms with Gasteiger partial charge >= 0.3 is 0 Å². The third-order valence-corrected chi connectivity index (χ3v) is 5.97. The zero-order valence-corrected chi connectivity index (χ0v) is 16.9. The van der Waals surface area contributed by atoms with Crippen molar-refractivity contribution in [2.24, 2.45) is 5.92 Å². The highest BCUT2D eigenvalue weighted by Gasteiger charge is 2.26. The van der Waals surface area contributed by atoms with Crippen molar-refractivity contribution >= 4 is 5.91 Å². The fourth-order valence-corrected chi connectivity index (χ4v) is 4.49. The minimum Gasteiger partial charge on any atom is -0.379 e. The molecule has 1 aromatic heterocycles. The molecule has 1 atom stereocenters. The van der Waals surface area contributed by atoms with Crippen LogP contribution >= 0.6 is 0 Å². The number of carbonyl (C=O) groups is 1. The maximum absolute atomic E-state index is 13.0. The van der Waals surface area contributed by atoms with E-state index in [0.29, 0.717) is 5.92 Å². The maximum atomic E-state index is 13.0. The molecule has 3 heterocycles. The summed E-state index contributed by atoms with van der Waals surface area (Å²) < 4.78 is 5.45. The summed E-state index contributed by atoms with van der Waals surface area (Å²) in [6, 6.07) is 7.98. The molecule has 28 heavy (non-hydrogen) atoms. The molecule has 1 unspecified atom stereocenters.